The molecule has 0 N–H and O–H groups in total. The van der Waals surface area contributed by atoms with Gasteiger partial charge < -0.3 is 14.2 Å². The second-order valence-electron chi connectivity index (χ2n) is 7.78. The summed E-state index contributed by atoms with van der Waals surface area (Å²) in [5.41, 5.74) is 2.52. The summed E-state index contributed by atoms with van der Waals surface area (Å²) in [6, 6.07) is 12.3. The molecule has 162 valence electrons. The summed E-state index contributed by atoms with van der Waals surface area (Å²) in [5.74, 6) is 2.47. The van der Waals surface area contributed by atoms with E-state index in [2.05, 4.69) is 44.0 Å². The van der Waals surface area contributed by atoms with Gasteiger partial charge in [0.2, 0.25) is 0 Å². The first-order valence-electron chi connectivity index (χ1n) is 10.6. The topological polar surface area (TPSA) is 40.0 Å². The Morgan fingerprint density at radius 3 is 2.71 bits per heavy atom. The van der Waals surface area contributed by atoms with Crippen molar-refractivity contribution in [1.82, 2.24) is 0 Å². The molecule has 31 heavy (non-hydrogen) atoms. The van der Waals surface area contributed by atoms with Crippen LogP contribution in [-0.4, -0.2) is 30.9 Å². The SMILES string of the molecule is BrCCOc1ccc(Oc2c(Br)sc3c4c(ccc23)C(CC2CCCCO2)N=C4)cc1. The summed E-state index contributed by atoms with van der Waals surface area (Å²) in [5, 5.41) is 1.91. The lowest BCUT2D eigenvalue weighted by Crippen LogP contribution is -2.20. The number of thiophene rings is 1. The number of ether oxygens (including phenoxy) is 3. The largest absolute Gasteiger partial charge is 0.493 e. The summed E-state index contributed by atoms with van der Waals surface area (Å²) >= 11 is 8.80. The molecule has 2 aromatic carbocycles. The minimum absolute atomic E-state index is 0.194. The zero-order chi connectivity index (χ0) is 21.2. The lowest BCUT2D eigenvalue weighted by molar-refractivity contribution is 0.00761. The third-order valence-corrected chi connectivity index (χ3v) is 7.91. The Morgan fingerprint density at radius 2 is 1.94 bits per heavy atom. The molecule has 1 saturated heterocycles. The van der Waals surface area contributed by atoms with Gasteiger partial charge in [0.1, 0.15) is 15.3 Å². The molecule has 2 aliphatic heterocycles. The number of aliphatic imine (C=N–C) groups is 1. The Morgan fingerprint density at radius 1 is 1.10 bits per heavy atom. The normalized spacial score (nSPS) is 20.2. The fraction of sp³-hybridized carbons (Fsp3) is 0.375. The van der Waals surface area contributed by atoms with Gasteiger partial charge >= 0.3 is 0 Å². The summed E-state index contributed by atoms with van der Waals surface area (Å²) in [4.78, 5) is 4.83. The highest BCUT2D eigenvalue weighted by Crippen LogP contribution is 2.48. The summed E-state index contributed by atoms with van der Waals surface area (Å²) in [6.45, 7) is 1.52. The van der Waals surface area contributed by atoms with Crippen molar-refractivity contribution in [3.8, 4) is 17.2 Å². The van der Waals surface area contributed by atoms with Crippen LogP contribution >= 0.6 is 43.2 Å². The van der Waals surface area contributed by atoms with E-state index in [4.69, 9.17) is 19.2 Å². The van der Waals surface area contributed by atoms with Crippen LogP contribution in [0.3, 0.4) is 0 Å². The minimum atomic E-state index is 0.194. The van der Waals surface area contributed by atoms with Gasteiger partial charge in [-0.1, -0.05) is 22.0 Å². The molecule has 3 aromatic rings. The molecular weight excluding hydrogens is 542 g/mol. The number of nitrogens with zero attached hydrogens (tertiary/aromatic N) is 1. The Kier molecular flexibility index (Phi) is 6.64. The molecule has 1 aromatic heterocycles. The molecular formula is C24H23Br2NO3S. The van der Waals surface area contributed by atoms with Gasteiger partial charge in [0.25, 0.3) is 0 Å². The molecule has 0 aliphatic carbocycles. The Balaban J connectivity index is 1.38. The molecule has 0 radical (unpaired) electrons. The van der Waals surface area contributed by atoms with Gasteiger partial charge in [-0.05, 0) is 71.1 Å². The first-order chi connectivity index (χ1) is 15.2. The van der Waals surface area contributed by atoms with Crippen LogP contribution in [0, 0.1) is 0 Å². The quantitative estimate of drug-likeness (QED) is 0.276. The second kappa shape index (κ2) is 9.61. The molecule has 5 rings (SSSR count). The van der Waals surface area contributed by atoms with Gasteiger partial charge in [-0.15, -0.1) is 11.3 Å². The van der Waals surface area contributed by atoms with Crippen molar-refractivity contribution in [2.24, 2.45) is 4.99 Å². The average molecular weight is 565 g/mol. The number of rotatable bonds is 7. The highest BCUT2D eigenvalue weighted by Gasteiger charge is 2.27. The van der Waals surface area contributed by atoms with Gasteiger partial charge in [-0.2, -0.15) is 0 Å². The molecule has 4 nitrogen and oxygen atoms in total. The third kappa shape index (κ3) is 4.56. The maximum Gasteiger partial charge on any atom is 0.160 e. The van der Waals surface area contributed by atoms with Crippen LogP contribution in [0.1, 0.15) is 42.9 Å². The number of halogens is 2. The van der Waals surface area contributed by atoms with E-state index in [0.717, 1.165) is 51.2 Å². The zero-order valence-corrected chi connectivity index (χ0v) is 21.0. The number of benzene rings is 2. The van der Waals surface area contributed by atoms with Gasteiger partial charge in [0.15, 0.2) is 5.75 Å². The molecule has 0 bridgehead atoms. The molecule has 2 unspecified atom stereocenters. The van der Waals surface area contributed by atoms with Crippen LogP contribution in [0.4, 0.5) is 0 Å². The smallest absolute Gasteiger partial charge is 0.160 e. The lowest BCUT2D eigenvalue weighted by atomic mass is 9.95. The number of alkyl halides is 1. The molecule has 1 fully saturated rings. The van der Waals surface area contributed by atoms with E-state index in [0.29, 0.717) is 12.7 Å². The maximum atomic E-state index is 6.26. The molecule has 3 heterocycles. The number of hydrogen-bond acceptors (Lipinski definition) is 5. The van der Waals surface area contributed by atoms with Crippen molar-refractivity contribution in [2.75, 3.05) is 18.5 Å². The van der Waals surface area contributed by atoms with Gasteiger partial charge in [-0.25, -0.2) is 0 Å². The highest BCUT2D eigenvalue weighted by atomic mass is 79.9. The van der Waals surface area contributed by atoms with Gasteiger partial charge in [0.05, 0.1) is 18.8 Å². The van der Waals surface area contributed by atoms with Crippen LogP contribution in [0.15, 0.2) is 45.2 Å². The fourth-order valence-electron chi connectivity index (χ4n) is 4.22. The highest BCUT2D eigenvalue weighted by molar-refractivity contribution is 9.11. The van der Waals surface area contributed by atoms with Crippen molar-refractivity contribution in [2.45, 2.75) is 37.8 Å². The summed E-state index contributed by atoms with van der Waals surface area (Å²) in [6.07, 6.45) is 6.91. The molecule has 0 spiro atoms. The standard InChI is InChI=1S/C24H23Br2NO3S/c25-10-12-29-15-4-6-16(7-5-15)30-22-19-9-8-18-20(23(19)31-24(22)26)14-27-21(18)13-17-3-1-2-11-28-17/h4-9,14,17,21H,1-3,10-13H2. The Bertz CT molecular complexity index is 1090. The number of hydrogen-bond donors (Lipinski definition) is 0. The van der Waals surface area contributed by atoms with Gasteiger partial charge in [0, 0.05) is 40.2 Å². The van der Waals surface area contributed by atoms with E-state index in [1.807, 2.05) is 30.5 Å². The van der Waals surface area contributed by atoms with Crippen LogP contribution < -0.4 is 9.47 Å². The zero-order valence-electron chi connectivity index (χ0n) is 17.0. The van der Waals surface area contributed by atoms with E-state index in [1.54, 1.807) is 11.3 Å². The fourth-order valence-corrected chi connectivity index (χ4v) is 6.13. The van der Waals surface area contributed by atoms with Crippen molar-refractivity contribution in [3.63, 3.8) is 0 Å². The predicted octanol–water partition coefficient (Wildman–Crippen LogP) is 7.66. The van der Waals surface area contributed by atoms with Crippen molar-refractivity contribution in [1.29, 1.82) is 0 Å². The molecule has 0 saturated carbocycles. The predicted molar refractivity (Wildman–Crippen MR) is 134 cm³/mol. The second-order valence-corrected chi connectivity index (χ2v) is 10.9. The molecule has 7 heteroatoms. The van der Waals surface area contributed by atoms with E-state index in [1.165, 1.54) is 28.7 Å². The summed E-state index contributed by atoms with van der Waals surface area (Å²) < 4.78 is 20.0. The lowest BCUT2D eigenvalue weighted by Gasteiger charge is -2.24. The minimum Gasteiger partial charge on any atom is -0.493 e. The van der Waals surface area contributed by atoms with E-state index in [-0.39, 0.29) is 6.04 Å². The summed E-state index contributed by atoms with van der Waals surface area (Å²) in [7, 11) is 0. The molecule has 0 amide bonds. The van der Waals surface area contributed by atoms with Crippen molar-refractivity contribution >= 4 is 59.5 Å². The average Bonchev–Trinajstić information content (AvgIpc) is 3.35. The monoisotopic (exact) mass is 563 g/mol. The van der Waals surface area contributed by atoms with Crippen LogP contribution in [-0.2, 0) is 4.74 Å². The van der Waals surface area contributed by atoms with Crippen molar-refractivity contribution < 1.29 is 14.2 Å². The molecule has 2 aliphatic rings. The molecule has 2 atom stereocenters. The van der Waals surface area contributed by atoms with Crippen LogP contribution in [0.25, 0.3) is 10.1 Å². The van der Waals surface area contributed by atoms with Crippen LogP contribution in [0.5, 0.6) is 17.2 Å². The van der Waals surface area contributed by atoms with E-state index < -0.39 is 0 Å². The first-order valence-corrected chi connectivity index (χ1v) is 13.3. The number of fused-ring (bicyclic) bond motifs is 3. The third-order valence-electron chi connectivity index (χ3n) is 5.74. The Hall–Kier alpha value is -1.41. The van der Waals surface area contributed by atoms with E-state index in [9.17, 15) is 0 Å². The van der Waals surface area contributed by atoms with Crippen LogP contribution in [0.2, 0.25) is 0 Å². The maximum absolute atomic E-state index is 6.26. The first kappa shape index (κ1) is 21.4. The van der Waals surface area contributed by atoms with Crippen molar-refractivity contribution in [3.05, 3.63) is 51.3 Å². The van der Waals surface area contributed by atoms with Gasteiger partial charge in [-0.3, -0.25) is 4.99 Å². The Labute approximate surface area is 202 Å². The van der Waals surface area contributed by atoms with E-state index >= 15 is 0 Å².